The second kappa shape index (κ2) is 6.09. The predicted molar refractivity (Wildman–Crippen MR) is 62.6 cm³/mol. The van der Waals surface area contributed by atoms with E-state index in [0.29, 0.717) is 6.42 Å². The molecule has 0 aromatic carbocycles. The summed E-state index contributed by atoms with van der Waals surface area (Å²) < 4.78 is 13.4. The first-order valence-corrected chi connectivity index (χ1v) is 5.60. The summed E-state index contributed by atoms with van der Waals surface area (Å²) in [7, 11) is 0. The fraction of sp³-hybridized carbons (Fsp3) is 0.417. The number of aromatic nitrogens is 1. The zero-order chi connectivity index (χ0) is 13.7. The Kier molecular flexibility index (Phi) is 4.76. The Bertz CT molecular complexity index is 451. The van der Waals surface area contributed by atoms with Crippen LogP contribution in [0.3, 0.4) is 0 Å². The minimum Gasteiger partial charge on any atom is -0.480 e. The van der Waals surface area contributed by atoms with Crippen LogP contribution in [0, 0.1) is 5.95 Å². The molecular weight excluding hydrogens is 239 g/mol. The van der Waals surface area contributed by atoms with Gasteiger partial charge < -0.3 is 10.0 Å². The lowest BCUT2D eigenvalue weighted by molar-refractivity contribution is -0.138. The minimum absolute atomic E-state index is 0.209. The van der Waals surface area contributed by atoms with Crippen LogP contribution in [-0.2, 0) is 4.79 Å². The van der Waals surface area contributed by atoms with Crippen LogP contribution in [0.4, 0.5) is 4.39 Å². The number of hydrogen-bond donors (Lipinski definition) is 1. The molecule has 1 amide bonds. The lowest BCUT2D eigenvalue weighted by Gasteiger charge is -2.26. The van der Waals surface area contributed by atoms with E-state index in [1.807, 2.05) is 6.92 Å². The van der Waals surface area contributed by atoms with Crippen LogP contribution in [0.25, 0.3) is 0 Å². The lowest BCUT2D eigenvalue weighted by Crippen LogP contribution is -2.42. The van der Waals surface area contributed by atoms with Crippen molar-refractivity contribution in [2.75, 3.05) is 6.54 Å². The molecule has 0 spiro atoms. The number of halogens is 1. The van der Waals surface area contributed by atoms with E-state index in [-0.39, 0.29) is 11.6 Å². The molecule has 5 nitrogen and oxygen atoms in total. The van der Waals surface area contributed by atoms with Gasteiger partial charge in [-0.25, -0.2) is 4.98 Å². The second-order valence-corrected chi connectivity index (χ2v) is 3.93. The van der Waals surface area contributed by atoms with Gasteiger partial charge in [-0.15, -0.1) is 0 Å². The summed E-state index contributed by atoms with van der Waals surface area (Å²) in [5.74, 6) is -2.67. The maximum absolute atomic E-state index is 13.4. The van der Waals surface area contributed by atoms with E-state index in [2.05, 4.69) is 4.98 Å². The van der Waals surface area contributed by atoms with Gasteiger partial charge in [0.25, 0.3) is 5.91 Å². The topological polar surface area (TPSA) is 70.5 Å². The van der Waals surface area contributed by atoms with E-state index >= 15 is 0 Å². The number of carboxylic acids is 1. The Hall–Kier alpha value is -1.98. The summed E-state index contributed by atoms with van der Waals surface area (Å²) in [5, 5.41) is 8.79. The van der Waals surface area contributed by atoms with Crippen molar-refractivity contribution in [3.8, 4) is 0 Å². The zero-order valence-electron chi connectivity index (χ0n) is 10.3. The molecule has 18 heavy (non-hydrogen) atoms. The van der Waals surface area contributed by atoms with E-state index in [1.54, 1.807) is 6.92 Å². The number of rotatable bonds is 5. The van der Waals surface area contributed by atoms with Crippen molar-refractivity contribution in [3.05, 3.63) is 29.8 Å². The van der Waals surface area contributed by atoms with Crippen LogP contribution in [-0.4, -0.2) is 39.5 Å². The van der Waals surface area contributed by atoms with Gasteiger partial charge in [0.2, 0.25) is 5.95 Å². The molecule has 1 heterocycles. The molecule has 0 saturated heterocycles. The maximum atomic E-state index is 13.4. The van der Waals surface area contributed by atoms with Gasteiger partial charge in [-0.1, -0.05) is 6.92 Å². The van der Waals surface area contributed by atoms with Gasteiger partial charge in [0.1, 0.15) is 6.54 Å². The van der Waals surface area contributed by atoms with Gasteiger partial charge in [-0.05, 0) is 25.5 Å². The molecule has 0 saturated carbocycles. The first-order valence-electron chi connectivity index (χ1n) is 5.60. The summed E-state index contributed by atoms with van der Waals surface area (Å²) in [6.07, 6.45) is 1.82. The maximum Gasteiger partial charge on any atom is 0.323 e. The van der Waals surface area contributed by atoms with E-state index in [1.165, 1.54) is 18.3 Å². The molecule has 1 aromatic rings. The Morgan fingerprint density at radius 2 is 2.22 bits per heavy atom. The Morgan fingerprint density at radius 3 is 2.72 bits per heavy atom. The van der Waals surface area contributed by atoms with Crippen LogP contribution >= 0.6 is 0 Å². The predicted octanol–water partition coefficient (Wildman–Crippen LogP) is 1.55. The standard InChI is InChI=1S/C12H15FN2O3/c1-3-8(2)15(7-10(16)17)12(18)9-5-4-6-14-11(9)13/h4-6,8H,3,7H2,1-2H3,(H,16,17). The molecule has 0 radical (unpaired) electrons. The molecule has 6 heteroatoms. The van der Waals surface area contributed by atoms with Crippen LogP contribution < -0.4 is 0 Å². The Morgan fingerprint density at radius 1 is 1.56 bits per heavy atom. The molecule has 98 valence electrons. The van der Waals surface area contributed by atoms with Gasteiger partial charge >= 0.3 is 5.97 Å². The van der Waals surface area contributed by atoms with Crippen molar-refractivity contribution in [1.82, 2.24) is 9.88 Å². The number of pyridine rings is 1. The van der Waals surface area contributed by atoms with E-state index in [4.69, 9.17) is 5.11 Å². The van der Waals surface area contributed by atoms with Gasteiger partial charge in [-0.3, -0.25) is 9.59 Å². The van der Waals surface area contributed by atoms with Crippen molar-refractivity contribution < 1.29 is 19.1 Å². The number of aliphatic carboxylic acids is 1. The SMILES string of the molecule is CCC(C)N(CC(=O)O)C(=O)c1cccnc1F. The van der Waals surface area contributed by atoms with Crippen molar-refractivity contribution >= 4 is 11.9 Å². The van der Waals surface area contributed by atoms with Gasteiger partial charge in [0.05, 0.1) is 5.56 Å². The molecule has 1 N–H and O–H groups in total. The smallest absolute Gasteiger partial charge is 0.323 e. The van der Waals surface area contributed by atoms with Gasteiger partial charge in [0.15, 0.2) is 0 Å². The Labute approximate surface area is 104 Å². The van der Waals surface area contributed by atoms with Crippen molar-refractivity contribution in [2.45, 2.75) is 26.3 Å². The van der Waals surface area contributed by atoms with Crippen molar-refractivity contribution in [2.24, 2.45) is 0 Å². The number of nitrogens with zero attached hydrogens (tertiary/aromatic N) is 2. The average molecular weight is 254 g/mol. The van der Waals surface area contributed by atoms with Crippen molar-refractivity contribution in [1.29, 1.82) is 0 Å². The van der Waals surface area contributed by atoms with Crippen LogP contribution in [0.15, 0.2) is 18.3 Å². The molecule has 0 fully saturated rings. The highest BCUT2D eigenvalue weighted by atomic mass is 19.1. The first-order chi connectivity index (χ1) is 8.47. The third-order valence-corrected chi connectivity index (χ3v) is 2.68. The summed E-state index contributed by atoms with van der Waals surface area (Å²) in [6, 6.07) is 2.45. The second-order valence-electron chi connectivity index (χ2n) is 3.93. The summed E-state index contributed by atoms with van der Waals surface area (Å²) in [4.78, 5) is 27.3. The molecule has 0 bridgehead atoms. The monoisotopic (exact) mass is 254 g/mol. The van der Waals surface area contributed by atoms with Crippen LogP contribution in [0.2, 0.25) is 0 Å². The normalized spacial score (nSPS) is 11.9. The average Bonchev–Trinajstić information content (AvgIpc) is 2.34. The number of hydrogen-bond acceptors (Lipinski definition) is 3. The van der Waals surface area contributed by atoms with E-state index in [9.17, 15) is 14.0 Å². The molecule has 0 aliphatic rings. The zero-order valence-corrected chi connectivity index (χ0v) is 10.3. The quantitative estimate of drug-likeness (QED) is 0.809. The van der Waals surface area contributed by atoms with Gasteiger partial charge in [-0.2, -0.15) is 4.39 Å². The van der Waals surface area contributed by atoms with Crippen molar-refractivity contribution in [3.63, 3.8) is 0 Å². The molecule has 1 atom stereocenters. The summed E-state index contributed by atoms with van der Waals surface area (Å²) in [6.45, 7) is 3.09. The lowest BCUT2D eigenvalue weighted by atomic mass is 10.1. The number of carboxylic acid groups (broad SMARTS) is 1. The van der Waals surface area contributed by atoms with E-state index < -0.39 is 24.4 Å². The minimum atomic E-state index is -1.13. The largest absolute Gasteiger partial charge is 0.480 e. The molecule has 0 aliphatic carbocycles. The highest BCUT2D eigenvalue weighted by Crippen LogP contribution is 2.12. The fourth-order valence-electron chi connectivity index (χ4n) is 1.49. The highest BCUT2D eigenvalue weighted by molar-refractivity contribution is 5.96. The molecule has 0 aliphatic heterocycles. The Balaban J connectivity index is 3.02. The summed E-state index contributed by atoms with van der Waals surface area (Å²) in [5.41, 5.74) is -0.209. The number of carbonyl (C=O) groups excluding carboxylic acids is 1. The number of amides is 1. The summed E-state index contributed by atoms with van der Waals surface area (Å²) >= 11 is 0. The third-order valence-electron chi connectivity index (χ3n) is 2.68. The molecule has 1 aromatic heterocycles. The van der Waals surface area contributed by atoms with Crippen LogP contribution in [0.1, 0.15) is 30.6 Å². The van der Waals surface area contributed by atoms with Crippen LogP contribution in [0.5, 0.6) is 0 Å². The first kappa shape index (κ1) is 14.1. The van der Waals surface area contributed by atoms with E-state index in [0.717, 1.165) is 4.90 Å². The van der Waals surface area contributed by atoms with Gasteiger partial charge in [0, 0.05) is 12.2 Å². The molecular formula is C12H15FN2O3. The third kappa shape index (κ3) is 3.26. The number of carbonyl (C=O) groups is 2. The highest BCUT2D eigenvalue weighted by Gasteiger charge is 2.25. The molecule has 1 rings (SSSR count). The molecule has 1 unspecified atom stereocenters. The fourth-order valence-corrected chi connectivity index (χ4v) is 1.49.